The number of amides is 1. The normalized spacial score (nSPS) is 11.0. The van der Waals surface area contributed by atoms with E-state index in [1.807, 2.05) is 48.5 Å². The van der Waals surface area contributed by atoms with Gasteiger partial charge in [-0.05, 0) is 11.1 Å². The van der Waals surface area contributed by atoms with E-state index in [9.17, 15) is 9.59 Å². The first kappa shape index (κ1) is 20.9. The lowest BCUT2D eigenvalue weighted by molar-refractivity contribution is -0.118. The second kappa shape index (κ2) is 10.1. The molecule has 0 atom stereocenters. The van der Waals surface area contributed by atoms with Gasteiger partial charge >= 0.3 is 0 Å². The third-order valence-corrected chi connectivity index (χ3v) is 5.81. The van der Waals surface area contributed by atoms with Crippen molar-refractivity contribution in [2.75, 3.05) is 12.3 Å². The molecule has 4 rings (SSSR count). The number of carbonyl (C=O) groups excluding carboxylic acids is 1. The Kier molecular flexibility index (Phi) is 6.78. The molecule has 0 spiro atoms. The summed E-state index contributed by atoms with van der Waals surface area (Å²) in [6, 6.07) is 19.8. The van der Waals surface area contributed by atoms with E-state index >= 15 is 0 Å². The van der Waals surface area contributed by atoms with Crippen molar-refractivity contribution in [3.05, 3.63) is 94.7 Å². The molecule has 4 aromatic rings. The lowest BCUT2D eigenvalue weighted by Crippen LogP contribution is -2.29. The summed E-state index contributed by atoms with van der Waals surface area (Å²) in [5.41, 5.74) is 2.64. The van der Waals surface area contributed by atoms with E-state index in [2.05, 4.69) is 27.5 Å². The minimum Gasteiger partial charge on any atom is -0.354 e. The van der Waals surface area contributed by atoms with Crippen molar-refractivity contribution >= 4 is 28.7 Å². The van der Waals surface area contributed by atoms with Crippen LogP contribution < -0.4 is 10.9 Å². The molecule has 2 aromatic heterocycles. The maximum absolute atomic E-state index is 12.8. The number of nitrogens with one attached hydrogen (secondary N) is 1. The largest absolute Gasteiger partial charge is 0.354 e. The number of nitrogens with zero attached hydrogens (tertiary/aromatic N) is 4. The number of hydrogen-bond acceptors (Lipinski definition) is 5. The summed E-state index contributed by atoms with van der Waals surface area (Å²) in [7, 11) is 0. The maximum Gasteiger partial charge on any atom is 0.264 e. The van der Waals surface area contributed by atoms with Crippen molar-refractivity contribution in [2.45, 2.75) is 18.8 Å². The first-order chi connectivity index (χ1) is 15.2. The first-order valence-electron chi connectivity index (χ1n) is 10.0. The molecule has 1 amide bonds. The van der Waals surface area contributed by atoms with Crippen LogP contribution in [-0.4, -0.2) is 37.5 Å². The van der Waals surface area contributed by atoms with Crippen LogP contribution in [0.15, 0.2) is 78.0 Å². The van der Waals surface area contributed by atoms with E-state index in [0.29, 0.717) is 36.4 Å². The van der Waals surface area contributed by atoms with E-state index in [4.69, 9.17) is 0 Å². The van der Waals surface area contributed by atoms with E-state index in [1.54, 1.807) is 33.5 Å². The molecular formula is C23H23N5O2S. The zero-order chi connectivity index (χ0) is 21.5. The zero-order valence-corrected chi connectivity index (χ0v) is 17.8. The third kappa shape index (κ3) is 5.40. The molecule has 0 aliphatic carbocycles. The Hall–Kier alpha value is -3.39. The van der Waals surface area contributed by atoms with Gasteiger partial charge in [-0.3, -0.25) is 14.2 Å². The predicted octanol–water partition coefficient (Wildman–Crippen LogP) is 2.69. The minimum absolute atomic E-state index is 0.0180. The Bertz CT molecular complexity index is 1210. The molecule has 31 heavy (non-hydrogen) atoms. The third-order valence-electron chi connectivity index (χ3n) is 4.81. The molecule has 158 valence electrons. The van der Waals surface area contributed by atoms with Gasteiger partial charge in [0.25, 0.3) is 5.56 Å². The van der Waals surface area contributed by atoms with Crippen LogP contribution in [-0.2, 0) is 23.6 Å². The molecule has 1 N–H and O–H groups in total. The molecule has 0 unspecified atom stereocenters. The zero-order valence-electron chi connectivity index (χ0n) is 17.0. The molecule has 8 heteroatoms. The highest BCUT2D eigenvalue weighted by atomic mass is 32.2. The summed E-state index contributed by atoms with van der Waals surface area (Å²) in [5, 5.41) is 7.66. The summed E-state index contributed by atoms with van der Waals surface area (Å²) < 4.78 is 3.23. The van der Waals surface area contributed by atoms with Crippen molar-refractivity contribution in [1.29, 1.82) is 0 Å². The van der Waals surface area contributed by atoms with Crippen molar-refractivity contribution in [3.63, 3.8) is 0 Å². The average Bonchev–Trinajstić information content (AvgIpc) is 3.21. The van der Waals surface area contributed by atoms with Gasteiger partial charge in [-0.1, -0.05) is 60.7 Å². The molecule has 7 nitrogen and oxygen atoms in total. The predicted molar refractivity (Wildman–Crippen MR) is 123 cm³/mol. The quantitative estimate of drug-likeness (QED) is 0.439. The van der Waals surface area contributed by atoms with Crippen LogP contribution >= 0.6 is 11.8 Å². The maximum atomic E-state index is 12.8. The number of carbonyl (C=O) groups is 1. The van der Waals surface area contributed by atoms with Gasteiger partial charge in [-0.25, -0.2) is 9.67 Å². The molecule has 0 saturated carbocycles. The molecule has 2 aromatic carbocycles. The van der Waals surface area contributed by atoms with Crippen LogP contribution in [0.4, 0.5) is 0 Å². The van der Waals surface area contributed by atoms with Gasteiger partial charge in [0.1, 0.15) is 11.7 Å². The van der Waals surface area contributed by atoms with Gasteiger partial charge in [0.15, 0.2) is 5.65 Å². The van der Waals surface area contributed by atoms with Crippen LogP contribution in [0.25, 0.3) is 11.0 Å². The number of thioether (sulfide) groups is 1. The number of hydrogen-bond donors (Lipinski definition) is 1. The minimum atomic E-state index is -0.124. The van der Waals surface area contributed by atoms with E-state index in [0.717, 1.165) is 11.3 Å². The first-order valence-corrected chi connectivity index (χ1v) is 11.2. The van der Waals surface area contributed by atoms with Crippen molar-refractivity contribution < 1.29 is 4.79 Å². The fourth-order valence-corrected chi connectivity index (χ4v) is 4.06. The second-order valence-electron chi connectivity index (χ2n) is 7.10. The summed E-state index contributed by atoms with van der Waals surface area (Å²) >= 11 is 1.58. The highest BCUT2D eigenvalue weighted by Crippen LogP contribution is 2.11. The molecule has 0 fully saturated rings. The Balaban J connectivity index is 1.30. The van der Waals surface area contributed by atoms with Gasteiger partial charge in [0, 0.05) is 12.3 Å². The number of rotatable bonds is 9. The summed E-state index contributed by atoms with van der Waals surface area (Å²) in [6.45, 7) is 1.34. The van der Waals surface area contributed by atoms with Crippen molar-refractivity contribution in [1.82, 2.24) is 24.6 Å². The monoisotopic (exact) mass is 433 g/mol. The Morgan fingerprint density at radius 2 is 1.71 bits per heavy atom. The van der Waals surface area contributed by atoms with Gasteiger partial charge in [-0.15, -0.1) is 11.8 Å². The fourth-order valence-electron chi connectivity index (χ4n) is 3.24. The van der Waals surface area contributed by atoms with Gasteiger partial charge in [0.05, 0.1) is 25.0 Å². The topological polar surface area (TPSA) is 81.8 Å². The molecule has 0 radical (unpaired) electrons. The number of fused-ring (bicyclic) bond motifs is 1. The summed E-state index contributed by atoms with van der Waals surface area (Å²) in [6.07, 6.45) is 3.10. The molecule has 0 saturated heterocycles. The highest BCUT2D eigenvalue weighted by Gasteiger charge is 2.11. The average molecular weight is 434 g/mol. The molecule has 2 heterocycles. The van der Waals surface area contributed by atoms with Crippen LogP contribution in [0, 0.1) is 0 Å². The Morgan fingerprint density at radius 1 is 1.00 bits per heavy atom. The molecule has 0 aliphatic rings. The SMILES string of the molecule is O=C(CSCc1ccccc1)NCCn1ncc2c(=O)n(Cc3ccccc3)cnc21. The number of benzene rings is 2. The van der Waals surface area contributed by atoms with Crippen LogP contribution in [0.1, 0.15) is 11.1 Å². The van der Waals surface area contributed by atoms with Gasteiger partial charge in [-0.2, -0.15) is 5.10 Å². The molecular weight excluding hydrogens is 410 g/mol. The highest BCUT2D eigenvalue weighted by molar-refractivity contribution is 7.99. The molecule has 0 bridgehead atoms. The smallest absolute Gasteiger partial charge is 0.264 e. The standard InChI is InChI=1S/C23H23N5O2S/c29-21(16-31-15-19-9-5-2-6-10-19)24-11-12-28-22-20(13-26-28)23(30)27(17-25-22)14-18-7-3-1-4-8-18/h1-10,13,17H,11-12,14-16H2,(H,24,29). The summed E-state index contributed by atoms with van der Waals surface area (Å²) in [4.78, 5) is 29.3. The summed E-state index contributed by atoms with van der Waals surface area (Å²) in [5.74, 6) is 1.18. The van der Waals surface area contributed by atoms with Crippen LogP contribution in [0.3, 0.4) is 0 Å². The second-order valence-corrected chi connectivity index (χ2v) is 8.08. The van der Waals surface area contributed by atoms with E-state index in [1.165, 1.54) is 5.56 Å². The fraction of sp³-hybridized carbons (Fsp3) is 0.217. The molecule has 0 aliphatic heterocycles. The lowest BCUT2D eigenvalue weighted by atomic mass is 10.2. The van der Waals surface area contributed by atoms with Crippen molar-refractivity contribution in [2.24, 2.45) is 0 Å². The van der Waals surface area contributed by atoms with E-state index in [-0.39, 0.29) is 11.5 Å². The number of aromatic nitrogens is 4. The van der Waals surface area contributed by atoms with Gasteiger partial charge in [0.2, 0.25) is 5.91 Å². The lowest BCUT2D eigenvalue weighted by Gasteiger charge is -2.08. The Labute approximate surface area is 184 Å². The Morgan fingerprint density at radius 3 is 2.45 bits per heavy atom. The van der Waals surface area contributed by atoms with Gasteiger partial charge < -0.3 is 5.32 Å². The van der Waals surface area contributed by atoms with Crippen LogP contribution in [0.5, 0.6) is 0 Å². The van der Waals surface area contributed by atoms with E-state index < -0.39 is 0 Å². The van der Waals surface area contributed by atoms with Crippen LogP contribution in [0.2, 0.25) is 0 Å². The van der Waals surface area contributed by atoms with Crippen molar-refractivity contribution in [3.8, 4) is 0 Å².